The second kappa shape index (κ2) is 10.9. The van der Waals surface area contributed by atoms with E-state index in [1.165, 1.54) is 48.5 Å². The van der Waals surface area contributed by atoms with Crippen LogP contribution in [-0.2, 0) is 52.5 Å². The lowest BCUT2D eigenvalue weighted by Crippen LogP contribution is -2.71. The average molecular weight is 578 g/mol. The fraction of sp³-hybridized carbons (Fsp3) is 0.214. The summed E-state index contributed by atoms with van der Waals surface area (Å²) in [6, 6.07) is 18.3. The monoisotopic (exact) mass is 577 g/mol. The number of aliphatic carboxylic acids is 1. The summed E-state index contributed by atoms with van der Waals surface area (Å²) in [5.41, 5.74) is 0.911. The Kier molecular flexibility index (Phi) is 7.37. The van der Waals surface area contributed by atoms with E-state index in [1.54, 1.807) is 36.4 Å². The van der Waals surface area contributed by atoms with Crippen LogP contribution in [0.25, 0.3) is 0 Å². The number of nitrogens with zero attached hydrogens (tertiary/aromatic N) is 2. The first kappa shape index (κ1) is 27.6. The van der Waals surface area contributed by atoms with E-state index < -0.39 is 61.7 Å². The lowest BCUT2D eigenvalue weighted by Gasteiger charge is -2.43. The molecule has 3 aromatic carbocycles. The number of hydrogen-bond acceptors (Lipinski definition) is 8. The first-order chi connectivity index (χ1) is 19.7. The molecule has 210 valence electrons. The maximum Gasteiger partial charge on any atom is 0.331 e. The third-order valence-corrected chi connectivity index (χ3v) is 9.28. The predicted octanol–water partition coefficient (Wildman–Crippen LogP) is 1.64. The average Bonchev–Trinajstić information content (AvgIpc) is 3.22. The minimum Gasteiger partial charge on any atom is -0.480 e. The Morgan fingerprint density at radius 2 is 1.59 bits per heavy atom. The Labute approximate surface area is 235 Å². The molecule has 41 heavy (non-hydrogen) atoms. The van der Waals surface area contributed by atoms with E-state index in [-0.39, 0.29) is 24.3 Å². The van der Waals surface area contributed by atoms with Gasteiger partial charge >= 0.3 is 11.9 Å². The van der Waals surface area contributed by atoms with E-state index in [9.17, 15) is 38.6 Å². The van der Waals surface area contributed by atoms with Gasteiger partial charge in [-0.2, -0.15) is 0 Å². The van der Waals surface area contributed by atoms with Crippen LogP contribution in [0.2, 0.25) is 0 Å². The zero-order chi connectivity index (χ0) is 29.3. The molecule has 0 spiro atoms. The molecule has 5 atom stereocenters. The molecule has 0 bridgehead atoms. The van der Waals surface area contributed by atoms with Gasteiger partial charge in [-0.15, -0.1) is 0 Å². The number of rotatable bonds is 9. The topological polar surface area (TPSA) is 173 Å². The van der Waals surface area contributed by atoms with E-state index in [2.05, 4.69) is 5.32 Å². The minimum atomic E-state index is -2.39. The van der Waals surface area contributed by atoms with Crippen LogP contribution in [-0.4, -0.2) is 60.3 Å². The van der Waals surface area contributed by atoms with E-state index in [4.69, 9.17) is 4.74 Å². The third-order valence-electron chi connectivity index (χ3n) is 7.08. The van der Waals surface area contributed by atoms with Crippen molar-refractivity contribution in [2.45, 2.75) is 35.2 Å². The largest absolute Gasteiger partial charge is 0.480 e. The highest BCUT2D eigenvalue weighted by Crippen LogP contribution is 2.50. The number of benzene rings is 3. The molecule has 0 aliphatic carbocycles. The molecule has 2 saturated heterocycles. The van der Waals surface area contributed by atoms with Crippen molar-refractivity contribution < 1.29 is 38.2 Å². The lowest BCUT2D eigenvalue weighted by molar-refractivity contribution is -0.384. The number of nitro benzene ring substituents is 1. The fourth-order valence-electron chi connectivity index (χ4n) is 5.14. The molecule has 2 fully saturated rings. The summed E-state index contributed by atoms with van der Waals surface area (Å²) in [5.74, 6) is -4.01. The lowest BCUT2D eigenvalue weighted by atomic mass is 9.87. The normalized spacial score (nSPS) is 24.6. The number of amides is 2. The van der Waals surface area contributed by atoms with Crippen molar-refractivity contribution >= 4 is 40.2 Å². The zero-order valence-corrected chi connectivity index (χ0v) is 22.1. The van der Waals surface area contributed by atoms with Crippen molar-refractivity contribution in [3.63, 3.8) is 0 Å². The van der Waals surface area contributed by atoms with Crippen LogP contribution >= 0.6 is 0 Å². The number of nitro groups is 1. The smallest absolute Gasteiger partial charge is 0.331 e. The highest BCUT2D eigenvalue weighted by atomic mass is 32.2. The summed E-state index contributed by atoms with van der Waals surface area (Å²) < 4.78 is 17.0. The molecule has 13 heteroatoms. The zero-order valence-electron chi connectivity index (χ0n) is 21.2. The van der Waals surface area contributed by atoms with Crippen LogP contribution in [0.4, 0.5) is 5.69 Å². The number of nitrogens with one attached hydrogen (secondary N) is 1. The summed E-state index contributed by atoms with van der Waals surface area (Å²) >= 11 is 0. The molecule has 12 nitrogen and oxygen atoms in total. The number of β-lactam (4-membered cyclic amide) rings is 1. The van der Waals surface area contributed by atoms with E-state index in [0.29, 0.717) is 11.1 Å². The van der Waals surface area contributed by atoms with Crippen LogP contribution in [0.5, 0.6) is 0 Å². The number of carbonyl (C=O) groups excluding carboxylic acids is 3. The fourth-order valence-corrected chi connectivity index (χ4v) is 7.35. The van der Waals surface area contributed by atoms with Crippen molar-refractivity contribution in [1.29, 1.82) is 0 Å². The van der Waals surface area contributed by atoms with Gasteiger partial charge in [0.15, 0.2) is 6.04 Å². The van der Waals surface area contributed by atoms with Gasteiger partial charge in [0.1, 0.15) is 18.0 Å². The molecule has 3 unspecified atom stereocenters. The molecule has 3 aromatic rings. The molecule has 0 radical (unpaired) electrons. The quantitative estimate of drug-likeness (QED) is 0.166. The minimum absolute atomic E-state index is 0.0275. The van der Waals surface area contributed by atoms with Gasteiger partial charge in [-0.05, 0) is 28.8 Å². The Morgan fingerprint density at radius 3 is 2.17 bits per heavy atom. The van der Waals surface area contributed by atoms with Gasteiger partial charge in [0.05, 0.1) is 22.1 Å². The van der Waals surface area contributed by atoms with Gasteiger partial charge in [-0.3, -0.25) is 28.7 Å². The molecule has 0 aromatic heterocycles. The van der Waals surface area contributed by atoms with Gasteiger partial charge in [-0.1, -0.05) is 60.7 Å². The Hall–Kier alpha value is -4.91. The Bertz CT molecular complexity index is 1550. The van der Waals surface area contributed by atoms with Crippen LogP contribution in [0, 0.1) is 10.1 Å². The highest BCUT2D eigenvalue weighted by molar-refractivity contribution is 7.88. The maximum absolute atomic E-state index is 14.0. The van der Waals surface area contributed by atoms with Crippen LogP contribution in [0.3, 0.4) is 0 Å². The standard InChI is InChI=1S/C28H23N3O9S/c32-21(15-17-7-3-1-4-8-17)29-22-24(33)30-23(26(34)40-16-18-11-13-20(14-12-18)31(37)38)28(27(35)36,41(39)25(22)30)19-9-5-2-6-10-19/h1-14,22-23,25H,15-16H2,(H,29,32)(H,35,36)/t22-,23+,25?,28?,41?/m1/s1. The highest BCUT2D eigenvalue weighted by Gasteiger charge is 2.75. The maximum atomic E-state index is 14.0. The van der Waals surface area contributed by atoms with E-state index in [1.807, 2.05) is 0 Å². The van der Waals surface area contributed by atoms with Gasteiger partial charge < -0.3 is 20.1 Å². The molecule has 2 N–H and O–H groups in total. The molecule has 2 amide bonds. The number of non-ortho nitro benzene ring substituents is 1. The van der Waals surface area contributed by atoms with Crippen LogP contribution in [0.1, 0.15) is 16.7 Å². The SMILES string of the molecule is O=C(Cc1ccccc1)N[C@@H]1C(=O)N2C1S(=O)C(C(=O)O)(c1ccccc1)[C@@H]2C(=O)OCc1ccc([N+](=O)[O-])cc1. The van der Waals surface area contributed by atoms with Crippen LogP contribution in [0.15, 0.2) is 84.9 Å². The molecular weight excluding hydrogens is 554 g/mol. The predicted molar refractivity (Wildman–Crippen MR) is 143 cm³/mol. The number of esters is 1. The first-order valence-electron chi connectivity index (χ1n) is 12.4. The van der Waals surface area contributed by atoms with Crippen molar-refractivity contribution in [3.05, 3.63) is 112 Å². The van der Waals surface area contributed by atoms with Crippen molar-refractivity contribution in [1.82, 2.24) is 10.2 Å². The molecular formula is C28H23N3O9S. The number of carboxylic acids is 1. The summed E-state index contributed by atoms with van der Waals surface area (Å²) in [5, 5.41) is 22.7. The Morgan fingerprint density at radius 1 is 0.976 bits per heavy atom. The summed E-state index contributed by atoms with van der Waals surface area (Å²) in [7, 11) is -2.39. The first-order valence-corrected chi connectivity index (χ1v) is 13.6. The summed E-state index contributed by atoms with van der Waals surface area (Å²) in [6.45, 7) is -0.381. The van der Waals surface area contributed by atoms with E-state index in [0.717, 1.165) is 4.90 Å². The molecule has 5 rings (SSSR count). The van der Waals surface area contributed by atoms with Crippen molar-refractivity contribution in [3.8, 4) is 0 Å². The Balaban J connectivity index is 1.45. The number of hydrogen-bond donors (Lipinski definition) is 2. The summed E-state index contributed by atoms with van der Waals surface area (Å²) in [6.07, 6.45) is -0.0621. The van der Waals surface area contributed by atoms with Gasteiger partial charge in [0.2, 0.25) is 16.6 Å². The van der Waals surface area contributed by atoms with Gasteiger partial charge in [0.25, 0.3) is 5.69 Å². The van der Waals surface area contributed by atoms with Crippen molar-refractivity contribution in [2.24, 2.45) is 0 Å². The summed E-state index contributed by atoms with van der Waals surface area (Å²) in [4.78, 5) is 63.8. The molecule has 2 aliphatic heterocycles. The number of carbonyl (C=O) groups is 4. The van der Waals surface area contributed by atoms with Crippen molar-refractivity contribution in [2.75, 3.05) is 0 Å². The van der Waals surface area contributed by atoms with Crippen LogP contribution < -0.4 is 5.32 Å². The molecule has 2 heterocycles. The third kappa shape index (κ3) is 4.73. The van der Waals surface area contributed by atoms with Gasteiger partial charge in [-0.25, -0.2) is 4.79 Å². The van der Waals surface area contributed by atoms with E-state index >= 15 is 0 Å². The number of ether oxygens (including phenoxy) is 1. The second-order valence-electron chi connectivity index (χ2n) is 9.48. The molecule has 2 aliphatic rings. The second-order valence-corrected chi connectivity index (χ2v) is 11.2. The molecule has 0 saturated carbocycles. The van der Waals surface area contributed by atoms with Gasteiger partial charge in [0, 0.05) is 12.1 Å². The number of fused-ring (bicyclic) bond motifs is 1. The number of carboxylic acid groups (broad SMARTS) is 1.